The van der Waals surface area contributed by atoms with Crippen molar-refractivity contribution in [2.24, 2.45) is 5.73 Å². The van der Waals surface area contributed by atoms with E-state index < -0.39 is 0 Å². The lowest BCUT2D eigenvalue weighted by Gasteiger charge is -2.35. The number of morpholine rings is 1. The third-order valence-electron chi connectivity index (χ3n) is 2.89. The van der Waals surface area contributed by atoms with E-state index in [2.05, 4.69) is 11.8 Å². The van der Waals surface area contributed by atoms with E-state index in [0.29, 0.717) is 24.5 Å². The molecule has 0 saturated carbocycles. The van der Waals surface area contributed by atoms with E-state index in [-0.39, 0.29) is 18.1 Å². The minimum absolute atomic E-state index is 0.0401. The summed E-state index contributed by atoms with van der Waals surface area (Å²) in [4.78, 5) is 15.1. The summed E-state index contributed by atoms with van der Waals surface area (Å²) >= 11 is 1.43. The predicted octanol–water partition coefficient (Wildman–Crippen LogP) is 1.31. The standard InChI is InChI=1S/C14H18N2O2S/c1-10-8-16(9-11(2)18-10)14(17)13-12(4-3-6-15)5-7-19-13/h5,7,10-11H,6,8-9,15H2,1-2H3/t10-,11+. The van der Waals surface area contributed by atoms with Crippen LogP contribution in [0.2, 0.25) is 0 Å². The number of hydrogen-bond donors (Lipinski definition) is 1. The van der Waals surface area contributed by atoms with Crippen molar-refractivity contribution in [1.82, 2.24) is 4.90 Å². The summed E-state index contributed by atoms with van der Waals surface area (Å²) in [6.07, 6.45) is 0.150. The second kappa shape index (κ2) is 6.20. The van der Waals surface area contributed by atoms with Crippen molar-refractivity contribution >= 4 is 17.2 Å². The van der Waals surface area contributed by atoms with Crippen molar-refractivity contribution < 1.29 is 9.53 Å². The number of nitrogens with two attached hydrogens (primary N) is 1. The molecule has 1 aliphatic rings. The van der Waals surface area contributed by atoms with Crippen LogP contribution in [-0.4, -0.2) is 42.6 Å². The van der Waals surface area contributed by atoms with Crippen LogP contribution in [0.25, 0.3) is 0 Å². The maximum atomic E-state index is 12.5. The predicted molar refractivity (Wildman–Crippen MR) is 76.2 cm³/mol. The molecule has 19 heavy (non-hydrogen) atoms. The molecule has 0 radical (unpaired) electrons. The molecule has 0 unspecified atom stereocenters. The van der Waals surface area contributed by atoms with Gasteiger partial charge in [-0.05, 0) is 25.3 Å². The molecule has 1 saturated heterocycles. The van der Waals surface area contributed by atoms with Crippen molar-refractivity contribution in [3.05, 3.63) is 21.9 Å². The molecule has 2 rings (SSSR count). The molecule has 102 valence electrons. The zero-order valence-corrected chi connectivity index (χ0v) is 12.0. The molecule has 2 N–H and O–H groups in total. The molecule has 0 aliphatic carbocycles. The Bertz CT molecular complexity index is 505. The third-order valence-corrected chi connectivity index (χ3v) is 3.79. The van der Waals surface area contributed by atoms with Crippen LogP contribution in [0, 0.1) is 11.8 Å². The highest BCUT2D eigenvalue weighted by Gasteiger charge is 2.28. The number of hydrogen-bond acceptors (Lipinski definition) is 4. The Kier molecular flexibility index (Phi) is 4.59. The summed E-state index contributed by atoms with van der Waals surface area (Å²) in [5.74, 6) is 5.79. The van der Waals surface area contributed by atoms with Crippen LogP contribution in [0.5, 0.6) is 0 Å². The maximum absolute atomic E-state index is 12.5. The first-order chi connectivity index (χ1) is 9.11. The maximum Gasteiger partial charge on any atom is 0.265 e. The fourth-order valence-corrected chi connectivity index (χ4v) is 3.02. The van der Waals surface area contributed by atoms with Crippen molar-refractivity contribution in [3.8, 4) is 11.8 Å². The minimum atomic E-state index is 0.0401. The van der Waals surface area contributed by atoms with Gasteiger partial charge >= 0.3 is 0 Å². The lowest BCUT2D eigenvalue weighted by Crippen LogP contribution is -2.48. The highest BCUT2D eigenvalue weighted by molar-refractivity contribution is 7.12. The average molecular weight is 278 g/mol. The molecule has 1 aliphatic heterocycles. The second-order valence-electron chi connectivity index (χ2n) is 4.64. The topological polar surface area (TPSA) is 55.6 Å². The first-order valence-corrected chi connectivity index (χ1v) is 7.21. The Labute approximate surface area is 117 Å². The number of amides is 1. The van der Waals surface area contributed by atoms with Gasteiger partial charge < -0.3 is 15.4 Å². The van der Waals surface area contributed by atoms with Gasteiger partial charge in [0.05, 0.1) is 18.8 Å². The lowest BCUT2D eigenvalue weighted by molar-refractivity contribution is -0.0585. The molecule has 0 aromatic carbocycles. The van der Waals surface area contributed by atoms with Gasteiger partial charge in [0.1, 0.15) is 4.88 Å². The quantitative estimate of drug-likeness (QED) is 0.788. The largest absolute Gasteiger partial charge is 0.372 e. The molecular weight excluding hydrogens is 260 g/mol. The number of carbonyl (C=O) groups excluding carboxylic acids is 1. The van der Waals surface area contributed by atoms with E-state index in [1.165, 1.54) is 11.3 Å². The molecule has 4 nitrogen and oxygen atoms in total. The third kappa shape index (κ3) is 3.35. The molecule has 0 bridgehead atoms. The molecule has 1 fully saturated rings. The van der Waals surface area contributed by atoms with Gasteiger partial charge in [0.2, 0.25) is 0 Å². The number of thiophene rings is 1. The first-order valence-electron chi connectivity index (χ1n) is 6.33. The van der Waals surface area contributed by atoms with Crippen molar-refractivity contribution in [1.29, 1.82) is 0 Å². The summed E-state index contributed by atoms with van der Waals surface area (Å²) in [6.45, 7) is 5.53. The molecule has 0 spiro atoms. The Balaban J connectivity index is 2.17. The zero-order chi connectivity index (χ0) is 13.8. The summed E-state index contributed by atoms with van der Waals surface area (Å²) in [5.41, 5.74) is 6.14. The zero-order valence-electron chi connectivity index (χ0n) is 11.2. The van der Waals surface area contributed by atoms with Gasteiger partial charge in [0.15, 0.2) is 0 Å². The van der Waals surface area contributed by atoms with Gasteiger partial charge in [-0.1, -0.05) is 11.8 Å². The van der Waals surface area contributed by atoms with E-state index in [9.17, 15) is 4.79 Å². The van der Waals surface area contributed by atoms with Crippen LogP contribution >= 0.6 is 11.3 Å². The number of rotatable bonds is 1. The lowest BCUT2D eigenvalue weighted by atomic mass is 10.2. The smallest absolute Gasteiger partial charge is 0.265 e. The number of carbonyl (C=O) groups is 1. The summed E-state index contributed by atoms with van der Waals surface area (Å²) < 4.78 is 5.64. The van der Waals surface area contributed by atoms with Crippen molar-refractivity contribution in [2.75, 3.05) is 19.6 Å². The van der Waals surface area contributed by atoms with Crippen LogP contribution in [0.15, 0.2) is 11.4 Å². The van der Waals surface area contributed by atoms with Gasteiger partial charge in [-0.15, -0.1) is 11.3 Å². The monoisotopic (exact) mass is 278 g/mol. The SMILES string of the molecule is C[C@@H]1CN(C(=O)c2sccc2C#CCN)C[C@H](C)O1. The minimum Gasteiger partial charge on any atom is -0.372 e. The molecule has 5 heteroatoms. The molecule has 1 aromatic rings. The van der Waals surface area contributed by atoms with E-state index in [4.69, 9.17) is 10.5 Å². The normalized spacial score (nSPS) is 22.8. The van der Waals surface area contributed by atoms with Crippen LogP contribution < -0.4 is 5.73 Å². The molecule has 1 amide bonds. The van der Waals surface area contributed by atoms with Gasteiger partial charge in [0, 0.05) is 18.7 Å². The van der Waals surface area contributed by atoms with E-state index >= 15 is 0 Å². The highest BCUT2D eigenvalue weighted by atomic mass is 32.1. The Hall–Kier alpha value is -1.35. The van der Waals surface area contributed by atoms with Gasteiger partial charge in [0.25, 0.3) is 5.91 Å². The summed E-state index contributed by atoms with van der Waals surface area (Å²) in [6, 6.07) is 1.87. The molecular formula is C14H18N2O2S. The van der Waals surface area contributed by atoms with Crippen LogP contribution in [0.1, 0.15) is 29.1 Å². The molecule has 2 atom stereocenters. The van der Waals surface area contributed by atoms with Gasteiger partial charge in [-0.3, -0.25) is 4.79 Å². The molecule has 2 heterocycles. The first kappa shape index (κ1) is 14.1. The molecule has 1 aromatic heterocycles. The van der Waals surface area contributed by atoms with Crippen LogP contribution in [0.3, 0.4) is 0 Å². The number of nitrogens with zero attached hydrogens (tertiary/aromatic N) is 1. The Morgan fingerprint density at radius 3 is 2.84 bits per heavy atom. The van der Waals surface area contributed by atoms with Gasteiger partial charge in [-0.2, -0.15) is 0 Å². The van der Waals surface area contributed by atoms with Crippen molar-refractivity contribution in [2.45, 2.75) is 26.1 Å². The van der Waals surface area contributed by atoms with Crippen molar-refractivity contribution in [3.63, 3.8) is 0 Å². The Morgan fingerprint density at radius 2 is 2.21 bits per heavy atom. The highest BCUT2D eigenvalue weighted by Crippen LogP contribution is 2.21. The van der Waals surface area contributed by atoms with Crippen LogP contribution in [0.4, 0.5) is 0 Å². The Morgan fingerprint density at radius 1 is 1.53 bits per heavy atom. The fourth-order valence-electron chi connectivity index (χ4n) is 2.21. The van der Waals surface area contributed by atoms with Gasteiger partial charge in [-0.25, -0.2) is 0 Å². The summed E-state index contributed by atoms with van der Waals surface area (Å²) in [5, 5.41) is 1.89. The number of ether oxygens (including phenoxy) is 1. The van der Waals surface area contributed by atoms with Crippen LogP contribution in [-0.2, 0) is 4.74 Å². The fraction of sp³-hybridized carbons (Fsp3) is 0.500. The second-order valence-corrected chi connectivity index (χ2v) is 5.55. The van der Waals surface area contributed by atoms with E-state index in [1.54, 1.807) is 0 Å². The van der Waals surface area contributed by atoms with E-state index in [1.807, 2.05) is 30.2 Å². The average Bonchev–Trinajstić information content (AvgIpc) is 2.82. The summed E-state index contributed by atoms with van der Waals surface area (Å²) in [7, 11) is 0. The van der Waals surface area contributed by atoms with E-state index in [0.717, 1.165) is 5.56 Å².